The molecule has 2 amide bonds. The summed E-state index contributed by atoms with van der Waals surface area (Å²) in [7, 11) is -4.83. The van der Waals surface area contributed by atoms with Gasteiger partial charge in [0.25, 0.3) is 0 Å². The Morgan fingerprint density at radius 3 is 2.44 bits per heavy atom. The van der Waals surface area contributed by atoms with Gasteiger partial charge in [-0.25, -0.2) is 9.36 Å². The SMILES string of the molecule is C#CCCCCNC(=O)Nc1ccc(O[C@H]2O[C@H](COP(=O)(O)O)[C@@H](O)[C@H](O)[C@@H]2O)cc1. The van der Waals surface area contributed by atoms with E-state index < -0.39 is 51.2 Å². The molecule has 1 aromatic carbocycles. The van der Waals surface area contributed by atoms with Gasteiger partial charge >= 0.3 is 13.9 Å². The maximum Gasteiger partial charge on any atom is 0.469 e. The third kappa shape index (κ3) is 8.38. The van der Waals surface area contributed by atoms with Crippen LogP contribution in [0.4, 0.5) is 10.5 Å². The molecule has 7 N–H and O–H groups in total. The summed E-state index contributed by atoms with van der Waals surface area (Å²) >= 11 is 0. The van der Waals surface area contributed by atoms with Gasteiger partial charge in [0, 0.05) is 18.7 Å². The molecule has 12 nitrogen and oxygen atoms in total. The fraction of sp³-hybridized carbons (Fsp3) is 0.526. The molecule has 0 radical (unpaired) electrons. The molecular weight excluding hydrogens is 447 g/mol. The summed E-state index contributed by atoms with van der Waals surface area (Å²) in [6, 6.07) is 5.61. The zero-order valence-electron chi connectivity index (χ0n) is 17.0. The third-order valence-electron chi connectivity index (χ3n) is 4.47. The highest BCUT2D eigenvalue weighted by Gasteiger charge is 2.45. The van der Waals surface area contributed by atoms with Gasteiger partial charge in [-0.3, -0.25) is 4.52 Å². The number of carbonyl (C=O) groups is 1. The van der Waals surface area contributed by atoms with E-state index in [-0.39, 0.29) is 5.75 Å². The first-order chi connectivity index (χ1) is 15.1. The lowest BCUT2D eigenvalue weighted by molar-refractivity contribution is -0.276. The van der Waals surface area contributed by atoms with Crippen molar-refractivity contribution in [1.82, 2.24) is 5.32 Å². The van der Waals surface area contributed by atoms with Crippen molar-refractivity contribution in [3.63, 3.8) is 0 Å². The van der Waals surface area contributed by atoms with Crippen molar-refractivity contribution >= 4 is 19.5 Å². The summed E-state index contributed by atoms with van der Waals surface area (Å²) in [5.41, 5.74) is 0.465. The minimum atomic E-state index is -4.83. The van der Waals surface area contributed by atoms with Gasteiger partial charge in [-0.1, -0.05) is 0 Å². The minimum Gasteiger partial charge on any atom is -0.462 e. The smallest absolute Gasteiger partial charge is 0.462 e. The monoisotopic (exact) mass is 474 g/mol. The van der Waals surface area contributed by atoms with E-state index in [1.54, 1.807) is 0 Å². The Hall–Kier alpha value is -2.20. The molecule has 1 saturated heterocycles. The van der Waals surface area contributed by atoms with Crippen molar-refractivity contribution in [3.8, 4) is 18.1 Å². The number of ether oxygens (including phenoxy) is 2. The molecule has 1 fully saturated rings. The van der Waals surface area contributed by atoms with Crippen LogP contribution in [0.1, 0.15) is 19.3 Å². The summed E-state index contributed by atoms with van der Waals surface area (Å²) in [4.78, 5) is 29.4. The van der Waals surface area contributed by atoms with Crippen molar-refractivity contribution in [2.75, 3.05) is 18.5 Å². The van der Waals surface area contributed by atoms with Crippen LogP contribution in [0.3, 0.4) is 0 Å². The van der Waals surface area contributed by atoms with Gasteiger partial charge in [-0.05, 0) is 37.1 Å². The molecule has 1 aromatic rings. The van der Waals surface area contributed by atoms with E-state index >= 15 is 0 Å². The van der Waals surface area contributed by atoms with Crippen LogP contribution in [-0.2, 0) is 13.8 Å². The van der Waals surface area contributed by atoms with E-state index in [0.29, 0.717) is 18.7 Å². The fourth-order valence-corrected chi connectivity index (χ4v) is 3.14. The van der Waals surface area contributed by atoms with Crippen LogP contribution in [0.25, 0.3) is 0 Å². The molecular formula is C19H27N2O10P. The number of nitrogens with one attached hydrogen (secondary N) is 2. The largest absolute Gasteiger partial charge is 0.469 e. The maximum atomic E-state index is 11.9. The second-order valence-corrected chi connectivity index (χ2v) is 8.22. The number of aliphatic hydroxyl groups excluding tert-OH is 3. The van der Waals surface area contributed by atoms with Crippen LogP contribution in [0.15, 0.2) is 24.3 Å². The number of terminal acetylenes is 1. The van der Waals surface area contributed by atoms with Crippen molar-refractivity contribution in [2.24, 2.45) is 0 Å². The number of phosphoric ester groups is 1. The lowest BCUT2D eigenvalue weighted by Gasteiger charge is -2.40. The van der Waals surface area contributed by atoms with Crippen LogP contribution in [0.5, 0.6) is 5.75 Å². The molecule has 0 aliphatic carbocycles. The molecule has 2 rings (SSSR count). The van der Waals surface area contributed by atoms with Gasteiger partial charge in [0.15, 0.2) is 0 Å². The van der Waals surface area contributed by atoms with Crippen LogP contribution in [0.2, 0.25) is 0 Å². The molecule has 0 aromatic heterocycles. The number of amides is 2. The van der Waals surface area contributed by atoms with E-state index in [1.807, 2.05) is 0 Å². The summed E-state index contributed by atoms with van der Waals surface area (Å²) in [6.45, 7) is -0.261. The quantitative estimate of drug-likeness (QED) is 0.137. The minimum absolute atomic E-state index is 0.201. The summed E-state index contributed by atoms with van der Waals surface area (Å²) in [5.74, 6) is 2.72. The molecule has 0 unspecified atom stereocenters. The standard InChI is InChI=1S/C19H27N2O10P/c1-2-3-4-5-10-20-19(25)21-12-6-8-13(9-7-12)30-18-17(24)16(23)15(22)14(31-18)11-29-32(26,27)28/h1,6-9,14-18,22-24H,3-5,10-11H2,(H2,20,21,25)(H2,26,27,28)/t14-,15-,16+,17+,18+/m1/s1. The predicted octanol–water partition coefficient (Wildman–Crippen LogP) is -0.0927. The first-order valence-corrected chi connectivity index (χ1v) is 11.3. The van der Waals surface area contributed by atoms with Gasteiger partial charge in [0.2, 0.25) is 6.29 Å². The number of anilines is 1. The number of urea groups is 1. The van der Waals surface area contributed by atoms with E-state index in [2.05, 4.69) is 21.1 Å². The summed E-state index contributed by atoms with van der Waals surface area (Å²) < 4.78 is 25.9. The second kappa shape index (κ2) is 12.2. The van der Waals surface area contributed by atoms with Crippen molar-refractivity contribution in [3.05, 3.63) is 24.3 Å². The molecule has 0 saturated carbocycles. The number of unbranched alkanes of at least 4 members (excludes halogenated alkanes) is 2. The number of phosphoric acid groups is 1. The van der Waals surface area contributed by atoms with Crippen LogP contribution in [0, 0.1) is 12.3 Å². The van der Waals surface area contributed by atoms with Gasteiger partial charge in [0.1, 0.15) is 30.2 Å². The lowest BCUT2D eigenvalue weighted by Crippen LogP contribution is -2.60. The Balaban J connectivity index is 1.89. The number of hydrogen-bond donors (Lipinski definition) is 7. The van der Waals surface area contributed by atoms with E-state index in [0.717, 1.165) is 12.8 Å². The lowest BCUT2D eigenvalue weighted by atomic mass is 9.99. The average molecular weight is 474 g/mol. The van der Waals surface area contributed by atoms with Gasteiger partial charge < -0.3 is 45.2 Å². The Kier molecular flexibility index (Phi) is 9.89. The van der Waals surface area contributed by atoms with E-state index in [4.69, 9.17) is 25.7 Å². The molecule has 32 heavy (non-hydrogen) atoms. The van der Waals surface area contributed by atoms with Crippen molar-refractivity contribution < 1.29 is 48.5 Å². The third-order valence-corrected chi connectivity index (χ3v) is 4.96. The highest BCUT2D eigenvalue weighted by Crippen LogP contribution is 2.37. The Bertz CT molecular complexity index is 824. The van der Waals surface area contributed by atoms with Crippen molar-refractivity contribution in [1.29, 1.82) is 0 Å². The van der Waals surface area contributed by atoms with Gasteiger partial charge in [-0.15, -0.1) is 12.3 Å². The van der Waals surface area contributed by atoms with Crippen LogP contribution >= 0.6 is 7.82 Å². The molecule has 1 aliphatic heterocycles. The van der Waals surface area contributed by atoms with Gasteiger partial charge in [-0.2, -0.15) is 0 Å². The number of carbonyl (C=O) groups excluding carboxylic acids is 1. The number of rotatable bonds is 10. The number of aliphatic hydroxyl groups is 3. The number of hydrogen-bond acceptors (Lipinski definition) is 8. The summed E-state index contributed by atoms with van der Waals surface area (Å²) in [6.07, 6.45) is -0.441. The zero-order valence-corrected chi connectivity index (χ0v) is 17.9. The molecule has 0 bridgehead atoms. The molecule has 0 spiro atoms. The Labute approximate surface area is 184 Å². The zero-order chi connectivity index (χ0) is 23.7. The fourth-order valence-electron chi connectivity index (χ4n) is 2.80. The van der Waals surface area contributed by atoms with Gasteiger partial charge in [0.05, 0.1) is 6.61 Å². The molecule has 178 valence electrons. The summed E-state index contributed by atoms with van der Waals surface area (Å²) in [5, 5.41) is 35.3. The number of benzene rings is 1. The predicted molar refractivity (Wildman–Crippen MR) is 111 cm³/mol. The molecule has 1 heterocycles. The maximum absolute atomic E-state index is 11.9. The van der Waals surface area contributed by atoms with Crippen LogP contribution < -0.4 is 15.4 Å². The molecule has 13 heteroatoms. The molecule has 5 atom stereocenters. The highest BCUT2D eigenvalue weighted by molar-refractivity contribution is 7.46. The Morgan fingerprint density at radius 1 is 1.12 bits per heavy atom. The first kappa shape index (κ1) is 26.1. The second-order valence-electron chi connectivity index (χ2n) is 6.99. The highest BCUT2D eigenvalue weighted by atomic mass is 31.2. The van der Waals surface area contributed by atoms with Crippen LogP contribution in [-0.4, -0.2) is 75.0 Å². The topological polar surface area (TPSA) is 187 Å². The van der Waals surface area contributed by atoms with Crippen molar-refractivity contribution in [2.45, 2.75) is 50.0 Å². The Morgan fingerprint density at radius 2 is 1.81 bits per heavy atom. The average Bonchev–Trinajstić information content (AvgIpc) is 2.74. The van der Waals surface area contributed by atoms with E-state index in [9.17, 15) is 24.7 Å². The van der Waals surface area contributed by atoms with E-state index in [1.165, 1.54) is 24.3 Å². The first-order valence-electron chi connectivity index (χ1n) is 9.75. The molecule has 1 aliphatic rings. The normalized spacial score (nSPS) is 25.6.